The van der Waals surface area contributed by atoms with Gasteiger partial charge in [0.15, 0.2) is 0 Å². The van der Waals surface area contributed by atoms with E-state index in [0.29, 0.717) is 25.5 Å². The minimum Gasteiger partial charge on any atom is -0.355 e. The Morgan fingerprint density at radius 3 is 2.17 bits per heavy atom. The van der Waals surface area contributed by atoms with Crippen LogP contribution in [0.5, 0.6) is 0 Å². The molecule has 0 atom stereocenters. The van der Waals surface area contributed by atoms with Crippen molar-refractivity contribution in [2.45, 2.75) is 32.6 Å². The molecule has 23 heavy (non-hydrogen) atoms. The van der Waals surface area contributed by atoms with Crippen LogP contribution in [-0.2, 0) is 14.4 Å². The summed E-state index contributed by atoms with van der Waals surface area (Å²) in [5, 5.41) is 5.43. The normalized spacial score (nSPS) is 19.6. The Hall–Kier alpha value is -1.63. The van der Waals surface area contributed by atoms with E-state index in [9.17, 15) is 14.4 Å². The van der Waals surface area contributed by atoms with Crippen LogP contribution in [0.1, 0.15) is 32.6 Å². The molecule has 2 rings (SSSR count). The van der Waals surface area contributed by atoms with Gasteiger partial charge in [0.1, 0.15) is 0 Å². The molecule has 0 aliphatic carbocycles. The Labute approximate surface area is 137 Å². The Morgan fingerprint density at radius 1 is 0.957 bits per heavy atom. The predicted molar refractivity (Wildman–Crippen MR) is 86.7 cm³/mol. The van der Waals surface area contributed by atoms with E-state index in [1.807, 2.05) is 4.90 Å². The zero-order valence-corrected chi connectivity index (χ0v) is 14.0. The third-order valence-electron chi connectivity index (χ3n) is 4.54. The molecule has 0 bridgehead atoms. The first-order valence-electron chi connectivity index (χ1n) is 8.58. The third kappa shape index (κ3) is 5.82. The van der Waals surface area contributed by atoms with Gasteiger partial charge < -0.3 is 15.5 Å². The van der Waals surface area contributed by atoms with Crippen LogP contribution in [0.25, 0.3) is 0 Å². The lowest BCUT2D eigenvalue weighted by molar-refractivity contribution is -0.136. The molecule has 7 nitrogen and oxygen atoms in total. The van der Waals surface area contributed by atoms with Gasteiger partial charge in [-0.15, -0.1) is 0 Å². The molecule has 0 aromatic rings. The first-order chi connectivity index (χ1) is 11.1. The number of nitrogens with one attached hydrogen (secondary N) is 2. The second-order valence-corrected chi connectivity index (χ2v) is 6.42. The van der Waals surface area contributed by atoms with Crippen molar-refractivity contribution in [3.8, 4) is 0 Å². The van der Waals surface area contributed by atoms with Crippen molar-refractivity contribution in [1.29, 1.82) is 0 Å². The van der Waals surface area contributed by atoms with E-state index in [-0.39, 0.29) is 17.7 Å². The van der Waals surface area contributed by atoms with Gasteiger partial charge in [-0.05, 0) is 38.8 Å². The highest BCUT2D eigenvalue weighted by molar-refractivity contribution is 5.80. The smallest absolute Gasteiger partial charge is 0.234 e. The lowest BCUT2D eigenvalue weighted by Gasteiger charge is -2.32. The van der Waals surface area contributed by atoms with Crippen LogP contribution in [0.4, 0.5) is 0 Å². The highest BCUT2D eigenvalue weighted by Crippen LogP contribution is 2.21. The maximum absolute atomic E-state index is 12.4. The largest absolute Gasteiger partial charge is 0.355 e. The predicted octanol–water partition coefficient (Wildman–Crippen LogP) is -0.427. The van der Waals surface area contributed by atoms with Crippen LogP contribution in [-0.4, -0.2) is 73.3 Å². The highest BCUT2D eigenvalue weighted by Gasteiger charge is 2.30. The lowest BCUT2D eigenvalue weighted by Crippen LogP contribution is -2.45. The molecule has 2 fully saturated rings. The van der Waals surface area contributed by atoms with Gasteiger partial charge in [-0.3, -0.25) is 19.3 Å². The van der Waals surface area contributed by atoms with Gasteiger partial charge >= 0.3 is 0 Å². The maximum Gasteiger partial charge on any atom is 0.234 e. The van der Waals surface area contributed by atoms with E-state index in [1.165, 1.54) is 6.92 Å². The van der Waals surface area contributed by atoms with E-state index < -0.39 is 0 Å². The second kappa shape index (κ2) is 8.86. The van der Waals surface area contributed by atoms with Crippen LogP contribution in [0.3, 0.4) is 0 Å². The van der Waals surface area contributed by atoms with Gasteiger partial charge in [-0.1, -0.05) is 0 Å². The average molecular weight is 324 g/mol. The molecular formula is C16H28N4O3. The van der Waals surface area contributed by atoms with Gasteiger partial charge in [-0.2, -0.15) is 0 Å². The van der Waals surface area contributed by atoms with Gasteiger partial charge in [0.05, 0.1) is 6.54 Å². The second-order valence-electron chi connectivity index (χ2n) is 6.42. The van der Waals surface area contributed by atoms with Gasteiger partial charge in [0, 0.05) is 39.0 Å². The first-order valence-corrected chi connectivity index (χ1v) is 8.58. The molecule has 2 saturated heterocycles. The molecule has 2 heterocycles. The summed E-state index contributed by atoms with van der Waals surface area (Å²) in [5.74, 6) is 0.317. The number of rotatable bonds is 6. The van der Waals surface area contributed by atoms with E-state index in [4.69, 9.17) is 0 Å². The quantitative estimate of drug-likeness (QED) is 0.650. The summed E-state index contributed by atoms with van der Waals surface area (Å²) in [6.45, 7) is 6.13. The van der Waals surface area contributed by atoms with Crippen LogP contribution in [0, 0.1) is 5.92 Å². The minimum absolute atomic E-state index is 0.0281. The summed E-state index contributed by atoms with van der Waals surface area (Å²) in [6.07, 6.45) is 3.94. The summed E-state index contributed by atoms with van der Waals surface area (Å²) >= 11 is 0. The monoisotopic (exact) mass is 324 g/mol. The number of carbonyl (C=O) groups is 3. The maximum atomic E-state index is 12.4. The molecule has 0 saturated carbocycles. The molecule has 2 aliphatic heterocycles. The summed E-state index contributed by atoms with van der Waals surface area (Å²) in [5.41, 5.74) is 0. The zero-order valence-electron chi connectivity index (χ0n) is 14.0. The molecule has 7 heteroatoms. The lowest BCUT2D eigenvalue weighted by atomic mass is 9.95. The first kappa shape index (κ1) is 17.7. The molecule has 3 amide bonds. The van der Waals surface area contributed by atoms with Crippen molar-refractivity contribution in [3.05, 3.63) is 0 Å². The Balaban J connectivity index is 1.61. The van der Waals surface area contributed by atoms with Gasteiger partial charge in [-0.25, -0.2) is 0 Å². The van der Waals surface area contributed by atoms with Crippen LogP contribution in [0.15, 0.2) is 0 Å². The summed E-state index contributed by atoms with van der Waals surface area (Å²) in [7, 11) is 0. The van der Waals surface area contributed by atoms with Crippen molar-refractivity contribution in [1.82, 2.24) is 20.4 Å². The molecule has 130 valence electrons. The topological polar surface area (TPSA) is 81.8 Å². The summed E-state index contributed by atoms with van der Waals surface area (Å²) in [6, 6.07) is 0. The minimum atomic E-state index is -0.0935. The number of piperidine rings is 1. The molecule has 2 aliphatic rings. The van der Waals surface area contributed by atoms with Crippen molar-refractivity contribution in [3.63, 3.8) is 0 Å². The summed E-state index contributed by atoms with van der Waals surface area (Å²) in [4.78, 5) is 39.0. The van der Waals surface area contributed by atoms with Gasteiger partial charge in [0.25, 0.3) is 0 Å². The van der Waals surface area contributed by atoms with Crippen LogP contribution in [0.2, 0.25) is 0 Å². The molecule has 2 N–H and O–H groups in total. The number of hydrogen-bond donors (Lipinski definition) is 2. The van der Waals surface area contributed by atoms with Gasteiger partial charge in [0.2, 0.25) is 17.7 Å². The van der Waals surface area contributed by atoms with Crippen molar-refractivity contribution >= 4 is 17.7 Å². The van der Waals surface area contributed by atoms with Crippen molar-refractivity contribution < 1.29 is 14.4 Å². The zero-order chi connectivity index (χ0) is 16.7. The van der Waals surface area contributed by atoms with E-state index >= 15 is 0 Å². The van der Waals surface area contributed by atoms with Crippen molar-refractivity contribution in [2.24, 2.45) is 5.92 Å². The number of likely N-dealkylation sites (tertiary alicyclic amines) is 2. The van der Waals surface area contributed by atoms with E-state index in [2.05, 4.69) is 15.5 Å². The Morgan fingerprint density at radius 2 is 1.57 bits per heavy atom. The fraction of sp³-hybridized carbons (Fsp3) is 0.812. The highest BCUT2D eigenvalue weighted by atomic mass is 16.2. The molecular weight excluding hydrogens is 296 g/mol. The standard InChI is InChI=1S/C16H28N4O3/c1-13(21)17-6-7-18-15(22)12-19-10-4-14(5-11-19)16(23)20-8-2-3-9-20/h14H,2-12H2,1H3,(H,17,21)(H,18,22). The molecule has 0 radical (unpaired) electrons. The fourth-order valence-corrected chi connectivity index (χ4v) is 3.23. The third-order valence-corrected chi connectivity index (χ3v) is 4.54. The molecule has 0 unspecified atom stereocenters. The number of nitrogens with zero attached hydrogens (tertiary/aromatic N) is 2. The average Bonchev–Trinajstić information content (AvgIpc) is 3.06. The van der Waals surface area contributed by atoms with Crippen molar-refractivity contribution in [2.75, 3.05) is 45.8 Å². The number of hydrogen-bond acceptors (Lipinski definition) is 4. The van der Waals surface area contributed by atoms with Crippen LogP contribution >= 0.6 is 0 Å². The van der Waals surface area contributed by atoms with Crippen LogP contribution < -0.4 is 10.6 Å². The summed E-state index contributed by atoms with van der Waals surface area (Å²) < 4.78 is 0. The van der Waals surface area contributed by atoms with E-state index in [1.54, 1.807) is 0 Å². The Kier molecular flexibility index (Phi) is 6.83. The number of carbonyl (C=O) groups excluding carboxylic acids is 3. The fourth-order valence-electron chi connectivity index (χ4n) is 3.23. The number of amides is 3. The van der Waals surface area contributed by atoms with E-state index in [0.717, 1.165) is 51.9 Å². The SMILES string of the molecule is CC(=O)NCCNC(=O)CN1CCC(C(=O)N2CCCC2)CC1. The molecule has 0 aromatic carbocycles. The Bertz CT molecular complexity index is 427. The molecule has 0 spiro atoms. The molecule has 0 aromatic heterocycles.